The second kappa shape index (κ2) is 11.3. The van der Waals surface area contributed by atoms with E-state index >= 15 is 0 Å². The molecule has 0 saturated heterocycles. The molecule has 0 aromatic heterocycles. The van der Waals surface area contributed by atoms with Crippen LogP contribution in [0.15, 0.2) is 30.3 Å². The molecule has 0 heterocycles. The van der Waals surface area contributed by atoms with Crippen molar-refractivity contribution in [3.63, 3.8) is 0 Å². The molecule has 0 aliphatic heterocycles. The lowest BCUT2D eigenvalue weighted by atomic mass is 10.2. The summed E-state index contributed by atoms with van der Waals surface area (Å²) in [5.41, 5.74) is 6.43. The summed E-state index contributed by atoms with van der Waals surface area (Å²) in [4.78, 5) is 24.1. The van der Waals surface area contributed by atoms with Crippen LogP contribution in [-0.2, 0) is 11.3 Å². The van der Waals surface area contributed by atoms with E-state index in [1.807, 2.05) is 30.3 Å². The number of amides is 2. The lowest BCUT2D eigenvalue weighted by Gasteiger charge is -2.22. The van der Waals surface area contributed by atoms with Gasteiger partial charge in [0.05, 0.1) is 0 Å². The number of nitrogens with two attached hydrogens (primary N) is 1. The first-order valence-corrected chi connectivity index (χ1v) is 7.76. The van der Waals surface area contributed by atoms with Crippen molar-refractivity contribution in [2.24, 2.45) is 5.73 Å². The van der Waals surface area contributed by atoms with Crippen molar-refractivity contribution in [3.8, 4) is 0 Å². The fraction of sp³-hybridized carbons (Fsp3) is 0.500. The first-order chi connectivity index (χ1) is 11.1. The van der Waals surface area contributed by atoms with Crippen molar-refractivity contribution in [2.75, 3.05) is 26.2 Å². The monoisotopic (exact) mass is 323 g/mol. The fourth-order valence-electron chi connectivity index (χ4n) is 2.01. The Morgan fingerprint density at radius 1 is 1.13 bits per heavy atom. The second-order valence-corrected chi connectivity index (χ2v) is 5.11. The van der Waals surface area contributed by atoms with Gasteiger partial charge in [0.1, 0.15) is 6.61 Å². The normalized spacial score (nSPS) is 10.1. The average molecular weight is 323 g/mol. The molecule has 2 amide bonds. The smallest absolute Gasteiger partial charge is 0.410 e. The summed E-state index contributed by atoms with van der Waals surface area (Å²) in [6, 6.07) is 9.49. The van der Waals surface area contributed by atoms with Gasteiger partial charge in [0.25, 0.3) is 0 Å². The minimum absolute atomic E-state index is 0.235. The van der Waals surface area contributed by atoms with Crippen LogP contribution in [0.2, 0.25) is 0 Å². The highest BCUT2D eigenvalue weighted by atomic mass is 16.6. The van der Waals surface area contributed by atoms with Gasteiger partial charge in [-0.3, -0.25) is 0 Å². The zero-order chi connectivity index (χ0) is 16.9. The summed E-state index contributed by atoms with van der Waals surface area (Å²) >= 11 is 0. The number of unbranched alkanes of at least 4 members (excludes halogenated alkanes) is 1. The number of benzene rings is 1. The quantitative estimate of drug-likeness (QED) is 0.571. The Labute approximate surface area is 136 Å². The molecule has 0 aliphatic rings. The van der Waals surface area contributed by atoms with Gasteiger partial charge in [0, 0.05) is 19.6 Å². The van der Waals surface area contributed by atoms with Crippen LogP contribution >= 0.6 is 0 Å². The Morgan fingerprint density at radius 2 is 1.83 bits per heavy atom. The second-order valence-electron chi connectivity index (χ2n) is 5.11. The lowest BCUT2D eigenvalue weighted by Crippen LogP contribution is -2.34. The van der Waals surface area contributed by atoms with E-state index in [4.69, 9.17) is 15.6 Å². The van der Waals surface area contributed by atoms with Crippen LogP contribution in [0.25, 0.3) is 0 Å². The lowest BCUT2D eigenvalue weighted by molar-refractivity contribution is 0.0952. The van der Waals surface area contributed by atoms with Crippen molar-refractivity contribution in [3.05, 3.63) is 35.9 Å². The Balaban J connectivity index is 2.35. The standard InChI is InChI=1S/C16H25N3O4/c17-9-6-12-19(11-5-4-10-18-15(20)21)16(22)23-13-14-7-2-1-3-8-14/h1-3,7-8,18H,4-6,9-13,17H2,(H,20,21). The number of ether oxygens (including phenoxy) is 1. The Morgan fingerprint density at radius 3 is 2.48 bits per heavy atom. The van der Waals surface area contributed by atoms with Gasteiger partial charge in [-0.25, -0.2) is 9.59 Å². The zero-order valence-electron chi connectivity index (χ0n) is 13.2. The number of hydrogen-bond acceptors (Lipinski definition) is 4. The van der Waals surface area contributed by atoms with E-state index in [1.54, 1.807) is 4.90 Å². The topological polar surface area (TPSA) is 105 Å². The number of nitrogens with one attached hydrogen (secondary N) is 1. The molecule has 0 bridgehead atoms. The Kier molecular flexibility index (Phi) is 9.23. The van der Waals surface area contributed by atoms with Crippen LogP contribution in [0.1, 0.15) is 24.8 Å². The molecule has 0 fully saturated rings. The van der Waals surface area contributed by atoms with Crippen molar-refractivity contribution in [1.29, 1.82) is 0 Å². The highest BCUT2D eigenvalue weighted by Crippen LogP contribution is 2.05. The van der Waals surface area contributed by atoms with Crippen LogP contribution in [0.5, 0.6) is 0 Å². The highest BCUT2D eigenvalue weighted by molar-refractivity contribution is 5.67. The molecule has 4 N–H and O–H groups in total. The van der Waals surface area contributed by atoms with Gasteiger partial charge in [0.2, 0.25) is 0 Å². The average Bonchev–Trinajstić information content (AvgIpc) is 2.55. The summed E-state index contributed by atoms with van der Waals surface area (Å²) in [7, 11) is 0. The van der Waals surface area contributed by atoms with Gasteiger partial charge in [-0.1, -0.05) is 30.3 Å². The van der Waals surface area contributed by atoms with Gasteiger partial charge in [-0.2, -0.15) is 0 Å². The molecule has 0 radical (unpaired) electrons. The maximum Gasteiger partial charge on any atom is 0.410 e. The van der Waals surface area contributed by atoms with E-state index in [-0.39, 0.29) is 12.7 Å². The molecule has 23 heavy (non-hydrogen) atoms. The van der Waals surface area contributed by atoms with Crippen LogP contribution in [-0.4, -0.2) is 48.4 Å². The Bertz CT molecular complexity index is 468. The van der Waals surface area contributed by atoms with Gasteiger partial charge in [-0.05, 0) is 31.4 Å². The molecular formula is C16H25N3O4. The van der Waals surface area contributed by atoms with Crippen molar-refractivity contribution >= 4 is 12.2 Å². The predicted octanol–water partition coefficient (Wildman–Crippen LogP) is 2.02. The van der Waals surface area contributed by atoms with Gasteiger partial charge in [0.15, 0.2) is 0 Å². The molecule has 7 nitrogen and oxygen atoms in total. The van der Waals surface area contributed by atoms with Crippen molar-refractivity contribution in [2.45, 2.75) is 25.9 Å². The number of rotatable bonds is 10. The zero-order valence-corrected chi connectivity index (χ0v) is 13.2. The van der Waals surface area contributed by atoms with Crippen molar-refractivity contribution < 1.29 is 19.4 Å². The first-order valence-electron chi connectivity index (χ1n) is 7.76. The molecule has 0 saturated carbocycles. The summed E-state index contributed by atoms with van der Waals surface area (Å²) in [5.74, 6) is 0. The molecular weight excluding hydrogens is 298 g/mol. The molecule has 1 rings (SSSR count). The minimum Gasteiger partial charge on any atom is -0.465 e. The van der Waals surface area contributed by atoms with E-state index in [9.17, 15) is 9.59 Å². The Hall–Kier alpha value is -2.28. The summed E-state index contributed by atoms with van der Waals surface area (Å²) in [5, 5.41) is 10.8. The van der Waals surface area contributed by atoms with E-state index < -0.39 is 6.09 Å². The molecule has 0 atom stereocenters. The summed E-state index contributed by atoms with van der Waals surface area (Å²) < 4.78 is 5.32. The SMILES string of the molecule is NCCCN(CCCCNC(=O)O)C(=O)OCc1ccccc1. The van der Waals surface area contributed by atoms with Crippen LogP contribution in [0.3, 0.4) is 0 Å². The van der Waals surface area contributed by atoms with E-state index in [1.165, 1.54) is 0 Å². The van der Waals surface area contributed by atoms with Gasteiger partial charge in [-0.15, -0.1) is 0 Å². The van der Waals surface area contributed by atoms with Gasteiger partial charge < -0.3 is 25.8 Å². The van der Waals surface area contributed by atoms with Crippen LogP contribution in [0, 0.1) is 0 Å². The molecule has 7 heteroatoms. The third-order valence-corrected chi connectivity index (χ3v) is 3.23. The number of nitrogens with zero attached hydrogens (tertiary/aromatic N) is 1. The fourth-order valence-corrected chi connectivity index (χ4v) is 2.01. The first kappa shape index (κ1) is 18.8. The third-order valence-electron chi connectivity index (χ3n) is 3.23. The predicted molar refractivity (Wildman–Crippen MR) is 87.1 cm³/mol. The minimum atomic E-state index is -1.03. The molecule has 0 aliphatic carbocycles. The molecule has 0 unspecified atom stereocenters. The number of carboxylic acid groups (broad SMARTS) is 1. The van der Waals surface area contributed by atoms with E-state index in [0.29, 0.717) is 45.4 Å². The summed E-state index contributed by atoms with van der Waals surface area (Å²) in [6.07, 6.45) is 0.664. The van der Waals surface area contributed by atoms with Crippen LogP contribution in [0.4, 0.5) is 9.59 Å². The number of carbonyl (C=O) groups is 2. The highest BCUT2D eigenvalue weighted by Gasteiger charge is 2.14. The molecule has 0 spiro atoms. The largest absolute Gasteiger partial charge is 0.465 e. The maximum absolute atomic E-state index is 12.1. The number of hydrogen-bond donors (Lipinski definition) is 3. The van der Waals surface area contributed by atoms with E-state index in [0.717, 1.165) is 5.56 Å². The molecule has 128 valence electrons. The van der Waals surface area contributed by atoms with Gasteiger partial charge >= 0.3 is 12.2 Å². The van der Waals surface area contributed by atoms with Crippen LogP contribution < -0.4 is 11.1 Å². The molecule has 1 aromatic carbocycles. The summed E-state index contributed by atoms with van der Waals surface area (Å²) in [6.45, 7) is 2.17. The van der Waals surface area contributed by atoms with E-state index in [2.05, 4.69) is 5.32 Å². The number of carbonyl (C=O) groups excluding carboxylic acids is 1. The molecule has 1 aromatic rings. The third kappa shape index (κ3) is 8.67. The van der Waals surface area contributed by atoms with Crippen molar-refractivity contribution in [1.82, 2.24) is 10.2 Å². The maximum atomic E-state index is 12.1.